The Hall–Kier alpha value is -2.38. The van der Waals surface area contributed by atoms with Crippen molar-refractivity contribution in [3.63, 3.8) is 0 Å². The highest BCUT2D eigenvalue weighted by Crippen LogP contribution is 2.29. The number of halogens is 1. The van der Waals surface area contributed by atoms with Gasteiger partial charge in [0.25, 0.3) is 0 Å². The van der Waals surface area contributed by atoms with Gasteiger partial charge in [0.2, 0.25) is 5.91 Å². The largest absolute Gasteiger partial charge is 0.325 e. The van der Waals surface area contributed by atoms with E-state index in [1.54, 1.807) is 0 Å². The van der Waals surface area contributed by atoms with Crippen LogP contribution >= 0.6 is 27.7 Å². The summed E-state index contributed by atoms with van der Waals surface area (Å²) in [4.78, 5) is 12.4. The molecule has 1 N–H and O–H groups in total. The summed E-state index contributed by atoms with van der Waals surface area (Å²) in [5.74, 6) is 0.185. The molecule has 2 heterocycles. The normalized spacial score (nSPS) is 11.3. The molecule has 1 amide bonds. The molecular formula is C21H19BrN4OS. The van der Waals surface area contributed by atoms with Gasteiger partial charge in [-0.3, -0.25) is 9.20 Å². The fraction of sp³-hybridized carbons (Fsp3) is 0.190. The number of pyridine rings is 1. The average Bonchev–Trinajstić information content (AvgIpc) is 3.04. The van der Waals surface area contributed by atoms with E-state index in [0.717, 1.165) is 26.5 Å². The summed E-state index contributed by atoms with van der Waals surface area (Å²) >= 11 is 4.78. The zero-order valence-electron chi connectivity index (χ0n) is 15.8. The molecule has 28 heavy (non-hydrogen) atoms. The van der Waals surface area contributed by atoms with Crippen LogP contribution < -0.4 is 5.32 Å². The van der Waals surface area contributed by atoms with E-state index in [0.29, 0.717) is 0 Å². The van der Waals surface area contributed by atoms with Gasteiger partial charge in [-0.25, -0.2) is 0 Å². The Morgan fingerprint density at radius 1 is 1.07 bits per heavy atom. The third-order valence-electron chi connectivity index (χ3n) is 4.56. The van der Waals surface area contributed by atoms with Crippen LogP contribution in [0.15, 0.2) is 52.1 Å². The van der Waals surface area contributed by atoms with Crippen LogP contribution in [0.1, 0.15) is 16.7 Å². The van der Waals surface area contributed by atoms with Gasteiger partial charge in [-0.15, -0.1) is 10.2 Å². The summed E-state index contributed by atoms with van der Waals surface area (Å²) < 4.78 is 3.02. The van der Waals surface area contributed by atoms with E-state index in [9.17, 15) is 4.79 Å². The van der Waals surface area contributed by atoms with E-state index in [2.05, 4.69) is 68.7 Å². The van der Waals surface area contributed by atoms with Crippen molar-refractivity contribution < 1.29 is 4.79 Å². The molecule has 2 aromatic heterocycles. The highest BCUT2D eigenvalue weighted by molar-refractivity contribution is 9.10. The Labute approximate surface area is 175 Å². The topological polar surface area (TPSA) is 59.3 Å². The van der Waals surface area contributed by atoms with Crippen molar-refractivity contribution in [3.8, 4) is 0 Å². The van der Waals surface area contributed by atoms with Crippen LogP contribution in [0.2, 0.25) is 0 Å². The summed E-state index contributed by atoms with van der Waals surface area (Å²) in [7, 11) is 0. The summed E-state index contributed by atoms with van der Waals surface area (Å²) in [6.45, 7) is 6.29. The molecule has 2 aromatic carbocycles. The number of hydrogen-bond acceptors (Lipinski definition) is 4. The molecule has 5 nitrogen and oxygen atoms in total. The Balaban J connectivity index is 1.63. The predicted molar refractivity (Wildman–Crippen MR) is 118 cm³/mol. The molecule has 0 aliphatic carbocycles. The molecule has 0 aliphatic rings. The van der Waals surface area contributed by atoms with Crippen molar-refractivity contribution in [2.24, 2.45) is 0 Å². The number of thioether (sulfide) groups is 1. The second kappa shape index (κ2) is 7.56. The Morgan fingerprint density at radius 3 is 2.57 bits per heavy atom. The van der Waals surface area contributed by atoms with Crippen molar-refractivity contribution in [1.29, 1.82) is 0 Å². The summed E-state index contributed by atoms with van der Waals surface area (Å²) in [6, 6.07) is 13.9. The fourth-order valence-electron chi connectivity index (χ4n) is 3.37. The van der Waals surface area contributed by atoms with Crippen LogP contribution in [0.4, 0.5) is 5.69 Å². The second-order valence-corrected chi connectivity index (χ2v) is 8.68. The van der Waals surface area contributed by atoms with Crippen LogP contribution in [0.3, 0.4) is 0 Å². The number of carbonyl (C=O) groups excluding carboxylic acids is 1. The van der Waals surface area contributed by atoms with Gasteiger partial charge in [-0.05, 0) is 68.3 Å². The Bertz CT molecular complexity index is 1200. The molecule has 0 fully saturated rings. The van der Waals surface area contributed by atoms with Crippen LogP contribution in [-0.4, -0.2) is 26.3 Å². The average molecular weight is 455 g/mol. The number of aromatic nitrogens is 3. The van der Waals surface area contributed by atoms with Gasteiger partial charge < -0.3 is 5.32 Å². The molecule has 0 radical (unpaired) electrons. The van der Waals surface area contributed by atoms with Crippen LogP contribution in [0, 0.1) is 20.8 Å². The highest BCUT2D eigenvalue weighted by atomic mass is 79.9. The lowest BCUT2D eigenvalue weighted by Gasteiger charge is -2.11. The standard InChI is InChI=1S/C21H19BrN4OS/c1-12-8-14(3)20-17(9-12)13(2)10-18-24-25-21(26(18)20)28-11-19(27)23-16-6-4-15(22)5-7-16/h4-10H,11H2,1-3H3,(H,23,27). The molecule has 4 rings (SSSR count). The quantitative estimate of drug-likeness (QED) is 0.425. The van der Waals surface area contributed by atoms with Gasteiger partial charge in [0.1, 0.15) is 0 Å². The Morgan fingerprint density at radius 2 is 1.82 bits per heavy atom. The number of nitrogens with zero attached hydrogens (tertiary/aromatic N) is 3. The van der Waals surface area contributed by atoms with E-state index in [1.807, 2.05) is 30.3 Å². The second-order valence-electron chi connectivity index (χ2n) is 6.83. The molecule has 4 aromatic rings. The number of nitrogens with one attached hydrogen (secondary N) is 1. The number of rotatable bonds is 4. The molecular weight excluding hydrogens is 436 g/mol. The van der Waals surface area contributed by atoms with E-state index in [4.69, 9.17) is 0 Å². The third kappa shape index (κ3) is 3.64. The molecule has 0 saturated heterocycles. The first kappa shape index (κ1) is 19.0. The first-order valence-corrected chi connectivity index (χ1v) is 10.6. The zero-order chi connectivity index (χ0) is 19.8. The third-order valence-corrected chi connectivity index (χ3v) is 6.02. The first-order chi connectivity index (χ1) is 13.4. The molecule has 7 heteroatoms. The fourth-order valence-corrected chi connectivity index (χ4v) is 4.38. The van der Waals surface area contributed by atoms with Crippen molar-refractivity contribution in [3.05, 3.63) is 63.6 Å². The number of aryl methyl sites for hydroxylation is 3. The molecule has 0 saturated carbocycles. The van der Waals surface area contributed by atoms with Crippen molar-refractivity contribution >= 4 is 55.8 Å². The van der Waals surface area contributed by atoms with Gasteiger partial charge in [-0.2, -0.15) is 0 Å². The van der Waals surface area contributed by atoms with Gasteiger partial charge >= 0.3 is 0 Å². The number of amides is 1. The van der Waals surface area contributed by atoms with E-state index in [1.165, 1.54) is 33.8 Å². The maximum Gasteiger partial charge on any atom is 0.234 e. The monoisotopic (exact) mass is 454 g/mol. The van der Waals surface area contributed by atoms with E-state index >= 15 is 0 Å². The minimum absolute atomic E-state index is 0.0759. The Kier molecular flexibility index (Phi) is 5.12. The van der Waals surface area contributed by atoms with Crippen molar-refractivity contribution in [1.82, 2.24) is 14.6 Å². The lowest BCUT2D eigenvalue weighted by molar-refractivity contribution is -0.113. The van der Waals surface area contributed by atoms with Crippen molar-refractivity contribution in [2.45, 2.75) is 25.9 Å². The first-order valence-electron chi connectivity index (χ1n) is 8.86. The maximum atomic E-state index is 12.4. The van der Waals surface area contributed by atoms with Gasteiger partial charge in [-0.1, -0.05) is 39.3 Å². The zero-order valence-corrected chi connectivity index (χ0v) is 18.2. The van der Waals surface area contributed by atoms with E-state index < -0.39 is 0 Å². The van der Waals surface area contributed by atoms with Gasteiger partial charge in [0.05, 0.1) is 11.3 Å². The van der Waals surface area contributed by atoms with Crippen LogP contribution in [0.25, 0.3) is 16.6 Å². The smallest absolute Gasteiger partial charge is 0.234 e. The highest BCUT2D eigenvalue weighted by Gasteiger charge is 2.15. The van der Waals surface area contributed by atoms with E-state index in [-0.39, 0.29) is 11.7 Å². The number of hydrogen-bond donors (Lipinski definition) is 1. The minimum Gasteiger partial charge on any atom is -0.325 e. The summed E-state index contributed by atoms with van der Waals surface area (Å²) in [6.07, 6.45) is 0. The molecule has 0 aliphatic heterocycles. The molecule has 0 spiro atoms. The van der Waals surface area contributed by atoms with Crippen LogP contribution in [-0.2, 0) is 4.79 Å². The summed E-state index contributed by atoms with van der Waals surface area (Å²) in [5, 5.41) is 13.5. The number of fused-ring (bicyclic) bond motifs is 3. The van der Waals surface area contributed by atoms with Gasteiger partial charge in [0.15, 0.2) is 10.8 Å². The number of anilines is 1. The molecule has 0 bridgehead atoms. The summed E-state index contributed by atoms with van der Waals surface area (Å²) in [5.41, 5.74) is 6.24. The molecule has 0 unspecified atom stereocenters. The minimum atomic E-state index is -0.0759. The lowest BCUT2D eigenvalue weighted by atomic mass is 10.0. The number of carbonyl (C=O) groups is 1. The van der Waals surface area contributed by atoms with Crippen LogP contribution in [0.5, 0.6) is 0 Å². The van der Waals surface area contributed by atoms with Gasteiger partial charge in [0, 0.05) is 15.5 Å². The maximum absolute atomic E-state index is 12.4. The molecule has 142 valence electrons. The SMILES string of the molecule is Cc1cc(C)c2c(c1)c(C)cc1nnc(SCC(=O)Nc3ccc(Br)cc3)n12. The number of benzene rings is 2. The predicted octanol–water partition coefficient (Wildman–Crippen LogP) is 5.30. The van der Waals surface area contributed by atoms with Crippen molar-refractivity contribution in [2.75, 3.05) is 11.1 Å². The lowest BCUT2D eigenvalue weighted by Crippen LogP contribution is -2.14. The molecule has 0 atom stereocenters.